The Morgan fingerprint density at radius 2 is 1.90 bits per heavy atom. The first kappa shape index (κ1) is 15.1. The quantitative estimate of drug-likeness (QED) is 0.654. The summed E-state index contributed by atoms with van der Waals surface area (Å²) < 4.78 is 7.81. The minimum absolute atomic E-state index is 0.0759. The smallest absolute Gasteiger partial charge is 0.130 e. The Morgan fingerprint density at radius 3 is 2.38 bits per heavy atom. The zero-order valence-electron chi connectivity index (χ0n) is 13.0. The van der Waals surface area contributed by atoms with Crippen LogP contribution in [0.25, 0.3) is 0 Å². The first-order chi connectivity index (χ1) is 9.92. The lowest BCUT2D eigenvalue weighted by atomic mass is 10.1. The number of nitrogen functional groups attached to an aromatic ring is 1. The van der Waals surface area contributed by atoms with Crippen molar-refractivity contribution in [3.8, 4) is 5.75 Å². The van der Waals surface area contributed by atoms with Crippen molar-refractivity contribution < 1.29 is 4.74 Å². The van der Waals surface area contributed by atoms with Crippen LogP contribution in [0.1, 0.15) is 35.0 Å². The van der Waals surface area contributed by atoms with Crippen LogP contribution in [-0.2, 0) is 20.1 Å². The van der Waals surface area contributed by atoms with Crippen LogP contribution in [0.5, 0.6) is 5.75 Å². The van der Waals surface area contributed by atoms with Crippen molar-refractivity contribution in [2.75, 3.05) is 0 Å². The number of hydrogen-bond donors (Lipinski definition) is 2. The molecule has 3 N–H and O–H groups in total. The number of aromatic nitrogens is 2. The van der Waals surface area contributed by atoms with E-state index in [1.807, 2.05) is 37.7 Å². The van der Waals surface area contributed by atoms with E-state index in [-0.39, 0.29) is 5.84 Å². The maximum Gasteiger partial charge on any atom is 0.130 e. The summed E-state index contributed by atoms with van der Waals surface area (Å²) >= 11 is 0. The van der Waals surface area contributed by atoms with Crippen molar-refractivity contribution in [3.05, 3.63) is 46.3 Å². The lowest BCUT2D eigenvalue weighted by molar-refractivity contribution is 0.291. The molecule has 21 heavy (non-hydrogen) atoms. The molecule has 112 valence electrons. The minimum Gasteiger partial charge on any atom is -0.487 e. The van der Waals surface area contributed by atoms with Gasteiger partial charge in [-0.2, -0.15) is 5.10 Å². The van der Waals surface area contributed by atoms with E-state index in [0.29, 0.717) is 6.61 Å². The molecule has 0 fully saturated rings. The number of nitrogens with one attached hydrogen (secondary N) is 1. The highest BCUT2D eigenvalue weighted by molar-refractivity contribution is 5.95. The van der Waals surface area contributed by atoms with E-state index in [2.05, 4.69) is 18.1 Å². The van der Waals surface area contributed by atoms with Gasteiger partial charge in [0.25, 0.3) is 0 Å². The third-order valence-electron chi connectivity index (χ3n) is 3.53. The Labute approximate surface area is 125 Å². The molecular formula is C16H22N4O. The van der Waals surface area contributed by atoms with Gasteiger partial charge in [-0.3, -0.25) is 10.1 Å². The second kappa shape index (κ2) is 5.99. The molecule has 1 heterocycles. The molecule has 0 aliphatic rings. The molecular weight excluding hydrogens is 264 g/mol. The van der Waals surface area contributed by atoms with E-state index in [1.54, 1.807) is 0 Å². The third kappa shape index (κ3) is 3.24. The van der Waals surface area contributed by atoms with Crippen LogP contribution >= 0.6 is 0 Å². The summed E-state index contributed by atoms with van der Waals surface area (Å²) in [5, 5.41) is 11.9. The molecule has 0 saturated heterocycles. The van der Waals surface area contributed by atoms with Gasteiger partial charge in [0, 0.05) is 12.6 Å². The summed E-state index contributed by atoms with van der Waals surface area (Å²) in [6.45, 7) is 6.50. The Hall–Kier alpha value is -2.30. The maximum absolute atomic E-state index is 7.51. The highest BCUT2D eigenvalue weighted by Crippen LogP contribution is 2.25. The first-order valence-corrected chi connectivity index (χ1v) is 7.02. The average molecular weight is 286 g/mol. The molecule has 1 aromatic carbocycles. The molecule has 1 aromatic heterocycles. The monoisotopic (exact) mass is 286 g/mol. The Balaban J connectivity index is 2.20. The largest absolute Gasteiger partial charge is 0.487 e. The summed E-state index contributed by atoms with van der Waals surface area (Å²) in [4.78, 5) is 0. The minimum atomic E-state index is 0.0759. The zero-order valence-corrected chi connectivity index (χ0v) is 13.0. The topological polar surface area (TPSA) is 76.9 Å². The normalized spacial score (nSPS) is 10.7. The van der Waals surface area contributed by atoms with E-state index in [4.69, 9.17) is 15.9 Å². The van der Waals surface area contributed by atoms with Crippen LogP contribution in [0.3, 0.4) is 0 Å². The number of benzene rings is 1. The van der Waals surface area contributed by atoms with Gasteiger partial charge < -0.3 is 10.5 Å². The van der Waals surface area contributed by atoms with E-state index >= 15 is 0 Å². The summed E-state index contributed by atoms with van der Waals surface area (Å²) in [7, 11) is 1.93. The number of hydrogen-bond acceptors (Lipinski definition) is 3. The lowest BCUT2D eigenvalue weighted by Crippen LogP contribution is -2.12. The number of nitrogens with zero attached hydrogens (tertiary/aromatic N) is 2. The van der Waals surface area contributed by atoms with Crippen molar-refractivity contribution in [1.29, 1.82) is 5.41 Å². The summed E-state index contributed by atoms with van der Waals surface area (Å²) in [6.07, 6.45) is 0.916. The number of aryl methyl sites for hydroxylation is 4. The van der Waals surface area contributed by atoms with Gasteiger partial charge in [-0.15, -0.1) is 0 Å². The van der Waals surface area contributed by atoms with Crippen LogP contribution in [0.4, 0.5) is 0 Å². The van der Waals surface area contributed by atoms with E-state index in [9.17, 15) is 0 Å². The summed E-state index contributed by atoms with van der Waals surface area (Å²) in [5.74, 6) is 0.922. The SMILES string of the molecule is CCc1cc(COc2c(C)cc(C(=N)N)cc2C)n(C)n1. The van der Waals surface area contributed by atoms with Crippen molar-refractivity contribution in [2.45, 2.75) is 33.8 Å². The summed E-state index contributed by atoms with van der Waals surface area (Å²) in [5.41, 5.74) is 10.3. The van der Waals surface area contributed by atoms with Crippen molar-refractivity contribution in [3.63, 3.8) is 0 Å². The van der Waals surface area contributed by atoms with Gasteiger partial charge in [-0.25, -0.2) is 0 Å². The maximum atomic E-state index is 7.51. The fraction of sp³-hybridized carbons (Fsp3) is 0.375. The van der Waals surface area contributed by atoms with Gasteiger partial charge in [0.1, 0.15) is 18.2 Å². The van der Waals surface area contributed by atoms with E-state index in [1.165, 1.54) is 0 Å². The average Bonchev–Trinajstić information content (AvgIpc) is 2.78. The van der Waals surface area contributed by atoms with Crippen LogP contribution in [-0.4, -0.2) is 15.6 Å². The summed E-state index contributed by atoms with van der Waals surface area (Å²) in [6, 6.07) is 5.82. The van der Waals surface area contributed by atoms with Crippen molar-refractivity contribution >= 4 is 5.84 Å². The lowest BCUT2D eigenvalue weighted by Gasteiger charge is -2.13. The number of nitrogens with two attached hydrogens (primary N) is 1. The van der Waals surface area contributed by atoms with Crippen LogP contribution in [0, 0.1) is 19.3 Å². The van der Waals surface area contributed by atoms with Crippen molar-refractivity contribution in [2.24, 2.45) is 12.8 Å². The van der Waals surface area contributed by atoms with Crippen LogP contribution in [0.15, 0.2) is 18.2 Å². The molecule has 0 bridgehead atoms. The predicted molar refractivity (Wildman–Crippen MR) is 83.9 cm³/mol. The van der Waals surface area contributed by atoms with Crippen LogP contribution in [0.2, 0.25) is 0 Å². The zero-order chi connectivity index (χ0) is 15.6. The second-order valence-corrected chi connectivity index (χ2v) is 5.25. The standard InChI is InChI=1S/C16H22N4O/c1-5-13-8-14(20(4)19-13)9-21-15-10(2)6-12(16(17)18)7-11(15)3/h6-8H,5,9H2,1-4H3,(H3,17,18). The molecule has 0 amide bonds. The highest BCUT2D eigenvalue weighted by Gasteiger charge is 2.10. The third-order valence-corrected chi connectivity index (χ3v) is 3.53. The van der Waals surface area contributed by atoms with Crippen molar-refractivity contribution in [1.82, 2.24) is 9.78 Å². The van der Waals surface area contributed by atoms with E-state index < -0.39 is 0 Å². The second-order valence-electron chi connectivity index (χ2n) is 5.25. The Morgan fingerprint density at radius 1 is 1.29 bits per heavy atom. The molecule has 5 heteroatoms. The number of ether oxygens (including phenoxy) is 1. The number of amidine groups is 1. The molecule has 5 nitrogen and oxygen atoms in total. The molecule has 0 aliphatic heterocycles. The Bertz CT molecular complexity index is 650. The van der Waals surface area contributed by atoms with Gasteiger partial charge in [0.05, 0.1) is 11.4 Å². The van der Waals surface area contributed by atoms with Gasteiger partial charge in [0.2, 0.25) is 0 Å². The van der Waals surface area contributed by atoms with Gasteiger partial charge in [-0.05, 0) is 49.6 Å². The van der Waals surface area contributed by atoms with Gasteiger partial charge in [0.15, 0.2) is 0 Å². The first-order valence-electron chi connectivity index (χ1n) is 7.02. The van der Waals surface area contributed by atoms with Gasteiger partial charge >= 0.3 is 0 Å². The highest BCUT2D eigenvalue weighted by atomic mass is 16.5. The molecule has 0 unspecified atom stereocenters. The molecule has 0 radical (unpaired) electrons. The predicted octanol–water partition coefficient (Wildman–Crippen LogP) is 2.46. The molecule has 2 rings (SSSR count). The van der Waals surface area contributed by atoms with E-state index in [0.717, 1.165) is 40.2 Å². The molecule has 0 aliphatic carbocycles. The molecule has 2 aromatic rings. The molecule has 0 saturated carbocycles. The van der Waals surface area contributed by atoms with Crippen LogP contribution < -0.4 is 10.5 Å². The fourth-order valence-electron chi connectivity index (χ4n) is 2.36. The van der Waals surface area contributed by atoms with Gasteiger partial charge in [-0.1, -0.05) is 6.92 Å². The number of rotatable bonds is 5. The molecule has 0 spiro atoms. The molecule has 0 atom stereocenters. The Kier molecular flexibility index (Phi) is 4.31. The fourth-order valence-corrected chi connectivity index (χ4v) is 2.36.